The minimum Gasteiger partial charge on any atom is -0.424 e. The molecule has 1 aromatic heterocycles. The highest BCUT2D eigenvalue weighted by atomic mass is 35.5. The lowest BCUT2D eigenvalue weighted by Crippen LogP contribution is -1.85. The first-order valence-electron chi connectivity index (χ1n) is 5.20. The topological polar surface area (TPSA) is 38.9 Å². The van der Waals surface area contributed by atoms with E-state index in [4.69, 9.17) is 16.0 Å². The van der Waals surface area contributed by atoms with E-state index in [0.717, 1.165) is 12.8 Å². The van der Waals surface area contributed by atoms with Crippen LogP contribution in [0.3, 0.4) is 0 Å². The number of alkyl halides is 1. The first-order chi connectivity index (χ1) is 6.74. The summed E-state index contributed by atoms with van der Waals surface area (Å²) in [6.45, 7) is 4.02. The Hall–Kier alpha value is -0.570. The number of hydrogen-bond acceptors (Lipinski definition) is 3. The Morgan fingerprint density at radius 3 is 2.64 bits per heavy atom. The molecule has 0 saturated heterocycles. The molecule has 0 aliphatic carbocycles. The molecule has 0 bridgehead atoms. The molecule has 14 heavy (non-hydrogen) atoms. The van der Waals surface area contributed by atoms with Crippen molar-refractivity contribution in [3.05, 3.63) is 11.8 Å². The number of unbranched alkanes of at least 4 members (excludes halogenated alkanes) is 3. The molecule has 1 unspecified atom stereocenters. The second kappa shape index (κ2) is 6.02. The van der Waals surface area contributed by atoms with Crippen LogP contribution in [0.4, 0.5) is 0 Å². The number of aromatic nitrogens is 2. The van der Waals surface area contributed by atoms with Gasteiger partial charge in [-0.3, -0.25) is 0 Å². The number of halogens is 1. The summed E-state index contributed by atoms with van der Waals surface area (Å²) in [5.74, 6) is 1.24. The Morgan fingerprint density at radius 2 is 2.07 bits per heavy atom. The van der Waals surface area contributed by atoms with E-state index in [9.17, 15) is 0 Å². The third kappa shape index (κ3) is 3.66. The van der Waals surface area contributed by atoms with Crippen molar-refractivity contribution in [3.8, 4) is 0 Å². The van der Waals surface area contributed by atoms with E-state index in [1.165, 1.54) is 19.3 Å². The summed E-state index contributed by atoms with van der Waals surface area (Å²) in [5.41, 5.74) is 0. The predicted molar refractivity (Wildman–Crippen MR) is 56.4 cm³/mol. The van der Waals surface area contributed by atoms with Crippen molar-refractivity contribution in [1.82, 2.24) is 10.2 Å². The summed E-state index contributed by atoms with van der Waals surface area (Å²) in [6.07, 6.45) is 5.73. The Kier molecular flexibility index (Phi) is 4.94. The van der Waals surface area contributed by atoms with Gasteiger partial charge in [0.05, 0.1) is 0 Å². The highest BCUT2D eigenvalue weighted by molar-refractivity contribution is 6.20. The second-order valence-corrected chi connectivity index (χ2v) is 4.12. The molecular formula is C10H17ClN2O. The van der Waals surface area contributed by atoms with Gasteiger partial charge < -0.3 is 4.42 Å². The monoisotopic (exact) mass is 216 g/mol. The smallest absolute Gasteiger partial charge is 0.234 e. The van der Waals surface area contributed by atoms with Crippen LogP contribution in [0.1, 0.15) is 56.7 Å². The Balaban J connectivity index is 2.29. The second-order valence-electron chi connectivity index (χ2n) is 3.46. The molecule has 80 valence electrons. The van der Waals surface area contributed by atoms with E-state index < -0.39 is 0 Å². The van der Waals surface area contributed by atoms with Crippen LogP contribution in [-0.2, 0) is 6.42 Å². The van der Waals surface area contributed by atoms with Gasteiger partial charge in [0.1, 0.15) is 5.38 Å². The molecule has 0 spiro atoms. The van der Waals surface area contributed by atoms with Gasteiger partial charge in [0, 0.05) is 6.42 Å². The molecule has 0 fully saturated rings. The van der Waals surface area contributed by atoms with Gasteiger partial charge in [0.25, 0.3) is 0 Å². The summed E-state index contributed by atoms with van der Waals surface area (Å²) >= 11 is 5.80. The van der Waals surface area contributed by atoms with Gasteiger partial charge in [-0.1, -0.05) is 26.2 Å². The molecule has 1 rings (SSSR count). The number of rotatable bonds is 6. The average molecular weight is 217 g/mol. The van der Waals surface area contributed by atoms with Crippen molar-refractivity contribution in [2.75, 3.05) is 0 Å². The van der Waals surface area contributed by atoms with E-state index in [0.29, 0.717) is 11.8 Å². The first kappa shape index (κ1) is 11.5. The fourth-order valence-corrected chi connectivity index (χ4v) is 1.32. The van der Waals surface area contributed by atoms with Crippen molar-refractivity contribution in [3.63, 3.8) is 0 Å². The van der Waals surface area contributed by atoms with Crippen LogP contribution in [0.5, 0.6) is 0 Å². The maximum absolute atomic E-state index is 5.80. The molecule has 3 nitrogen and oxygen atoms in total. The summed E-state index contributed by atoms with van der Waals surface area (Å²) in [6, 6.07) is 0. The van der Waals surface area contributed by atoms with E-state index in [1.807, 2.05) is 6.92 Å². The lowest BCUT2D eigenvalue weighted by atomic mass is 10.1. The van der Waals surface area contributed by atoms with Crippen LogP contribution in [0.2, 0.25) is 0 Å². The maximum Gasteiger partial charge on any atom is 0.234 e. The van der Waals surface area contributed by atoms with Crippen LogP contribution < -0.4 is 0 Å². The van der Waals surface area contributed by atoms with E-state index in [2.05, 4.69) is 17.1 Å². The molecule has 0 saturated carbocycles. The quantitative estimate of drug-likeness (QED) is 0.540. The van der Waals surface area contributed by atoms with Crippen molar-refractivity contribution < 1.29 is 4.42 Å². The molecule has 0 amide bonds. The molecule has 1 aromatic rings. The summed E-state index contributed by atoms with van der Waals surface area (Å²) in [4.78, 5) is 0. The standard InChI is InChI=1S/C10H17ClN2O/c1-3-4-5-6-7-9-12-13-10(14-9)8(2)11/h8H,3-7H2,1-2H3. The lowest BCUT2D eigenvalue weighted by molar-refractivity contribution is 0.441. The van der Waals surface area contributed by atoms with Gasteiger partial charge in [-0.2, -0.15) is 0 Å². The Bertz CT molecular complexity index is 260. The number of aryl methyl sites for hydroxylation is 1. The molecule has 0 N–H and O–H groups in total. The normalized spacial score (nSPS) is 13.1. The van der Waals surface area contributed by atoms with E-state index >= 15 is 0 Å². The summed E-state index contributed by atoms with van der Waals surface area (Å²) in [5, 5.41) is 7.61. The van der Waals surface area contributed by atoms with E-state index in [1.54, 1.807) is 0 Å². The summed E-state index contributed by atoms with van der Waals surface area (Å²) < 4.78 is 5.37. The van der Waals surface area contributed by atoms with Crippen molar-refractivity contribution in [2.45, 2.75) is 51.3 Å². The van der Waals surface area contributed by atoms with Gasteiger partial charge >= 0.3 is 0 Å². The van der Waals surface area contributed by atoms with Gasteiger partial charge in [-0.25, -0.2) is 0 Å². The highest BCUT2D eigenvalue weighted by Gasteiger charge is 2.10. The zero-order valence-corrected chi connectivity index (χ0v) is 9.55. The number of nitrogens with zero attached hydrogens (tertiary/aromatic N) is 2. The van der Waals surface area contributed by atoms with Crippen LogP contribution in [0.15, 0.2) is 4.42 Å². The first-order valence-corrected chi connectivity index (χ1v) is 5.64. The molecule has 0 aromatic carbocycles. The zero-order chi connectivity index (χ0) is 10.4. The molecular weight excluding hydrogens is 200 g/mol. The van der Waals surface area contributed by atoms with Crippen molar-refractivity contribution in [2.24, 2.45) is 0 Å². The molecule has 1 atom stereocenters. The maximum atomic E-state index is 5.80. The van der Waals surface area contributed by atoms with Gasteiger partial charge in [-0.15, -0.1) is 21.8 Å². The Labute approximate surface area is 89.9 Å². The van der Waals surface area contributed by atoms with Gasteiger partial charge in [-0.05, 0) is 13.3 Å². The molecule has 0 radical (unpaired) electrons. The third-order valence-electron chi connectivity index (χ3n) is 2.07. The Morgan fingerprint density at radius 1 is 1.29 bits per heavy atom. The van der Waals surface area contributed by atoms with Crippen LogP contribution in [0.25, 0.3) is 0 Å². The molecule has 1 heterocycles. The van der Waals surface area contributed by atoms with E-state index in [-0.39, 0.29) is 5.38 Å². The molecule has 0 aliphatic heterocycles. The summed E-state index contributed by atoms with van der Waals surface area (Å²) in [7, 11) is 0. The molecule has 4 heteroatoms. The molecule has 0 aliphatic rings. The largest absolute Gasteiger partial charge is 0.424 e. The lowest BCUT2D eigenvalue weighted by Gasteiger charge is -1.95. The van der Waals surface area contributed by atoms with Crippen LogP contribution in [0, 0.1) is 0 Å². The van der Waals surface area contributed by atoms with Crippen LogP contribution >= 0.6 is 11.6 Å². The minimum atomic E-state index is -0.188. The zero-order valence-electron chi connectivity index (χ0n) is 8.79. The van der Waals surface area contributed by atoms with Gasteiger partial charge in [0.15, 0.2) is 0 Å². The third-order valence-corrected chi connectivity index (χ3v) is 2.25. The number of hydrogen-bond donors (Lipinski definition) is 0. The average Bonchev–Trinajstić information content (AvgIpc) is 2.61. The van der Waals surface area contributed by atoms with Crippen molar-refractivity contribution >= 4 is 11.6 Å². The SMILES string of the molecule is CCCCCCc1nnc(C(C)Cl)o1. The highest BCUT2D eigenvalue weighted by Crippen LogP contribution is 2.18. The fraction of sp³-hybridized carbons (Fsp3) is 0.800. The van der Waals surface area contributed by atoms with Crippen molar-refractivity contribution in [1.29, 1.82) is 0 Å². The predicted octanol–water partition coefficient (Wildman–Crippen LogP) is 3.49. The fourth-order valence-electron chi connectivity index (χ4n) is 1.23. The van der Waals surface area contributed by atoms with Crippen LogP contribution in [-0.4, -0.2) is 10.2 Å². The van der Waals surface area contributed by atoms with Gasteiger partial charge in [0.2, 0.25) is 11.8 Å². The minimum absolute atomic E-state index is 0.188.